The zero-order valence-electron chi connectivity index (χ0n) is 21.0. The maximum absolute atomic E-state index is 11.5. The highest BCUT2D eigenvalue weighted by Gasteiger charge is 2.24. The number of carboxylic acids is 1. The van der Waals surface area contributed by atoms with Gasteiger partial charge in [0.25, 0.3) is 0 Å². The average Bonchev–Trinajstić information content (AvgIpc) is 3.26. The van der Waals surface area contributed by atoms with Crippen molar-refractivity contribution in [3.63, 3.8) is 0 Å². The van der Waals surface area contributed by atoms with E-state index in [0.717, 1.165) is 41.4 Å². The standard InChI is InChI=1S/C27H26ClN7O4/c28-19-5-6-20(29-13-19)16-39-26-3-1-2-24(32-26)33-9-10-34(30-17-33)15-25-31-22-7-4-18(27(36)37)12-23(22)35(25)14-21-8-11-38-21/h1-7,12-13,17,21H,8-11,14-16H2,(H,36,37)/t21-/m0/s1. The minimum Gasteiger partial charge on any atom is -0.478 e. The Balaban J connectivity index is 1.15. The molecule has 0 saturated carbocycles. The van der Waals surface area contributed by atoms with Crippen molar-refractivity contribution in [2.45, 2.75) is 32.2 Å². The van der Waals surface area contributed by atoms with Gasteiger partial charge in [-0.1, -0.05) is 17.7 Å². The number of nitrogens with zero attached hydrogens (tertiary/aromatic N) is 7. The summed E-state index contributed by atoms with van der Waals surface area (Å²) in [6.07, 6.45) is 4.41. The molecule has 0 spiro atoms. The van der Waals surface area contributed by atoms with Crippen LogP contribution in [0.4, 0.5) is 5.82 Å². The molecular weight excluding hydrogens is 522 g/mol. The van der Waals surface area contributed by atoms with E-state index in [0.29, 0.717) is 37.1 Å². The summed E-state index contributed by atoms with van der Waals surface area (Å²) < 4.78 is 13.5. The highest BCUT2D eigenvalue weighted by Crippen LogP contribution is 2.24. The summed E-state index contributed by atoms with van der Waals surface area (Å²) in [6, 6.07) is 14.2. The molecule has 3 aromatic heterocycles. The lowest BCUT2D eigenvalue weighted by atomic mass is 10.1. The summed E-state index contributed by atoms with van der Waals surface area (Å²) in [7, 11) is 0. The molecular formula is C27H26ClN7O4. The van der Waals surface area contributed by atoms with Gasteiger partial charge in [-0.3, -0.25) is 9.99 Å². The molecule has 6 rings (SSSR count). The first-order chi connectivity index (χ1) is 19.0. The first kappa shape index (κ1) is 25.1. The Morgan fingerprint density at radius 2 is 2.05 bits per heavy atom. The average molecular weight is 548 g/mol. The molecule has 1 fully saturated rings. The molecule has 1 atom stereocenters. The fourth-order valence-electron chi connectivity index (χ4n) is 4.48. The zero-order chi connectivity index (χ0) is 26.8. The van der Waals surface area contributed by atoms with Gasteiger partial charge in [0, 0.05) is 25.4 Å². The van der Waals surface area contributed by atoms with Gasteiger partial charge in [0.05, 0.1) is 53.1 Å². The Morgan fingerprint density at radius 3 is 2.77 bits per heavy atom. The van der Waals surface area contributed by atoms with Gasteiger partial charge in [0.15, 0.2) is 0 Å². The molecule has 1 aromatic carbocycles. The molecule has 2 aliphatic heterocycles. The van der Waals surface area contributed by atoms with Crippen LogP contribution in [0, 0.1) is 0 Å². The zero-order valence-corrected chi connectivity index (χ0v) is 21.7. The van der Waals surface area contributed by atoms with Crippen molar-refractivity contribution in [1.82, 2.24) is 24.5 Å². The van der Waals surface area contributed by atoms with Crippen LogP contribution in [-0.2, 0) is 24.4 Å². The van der Waals surface area contributed by atoms with Gasteiger partial charge >= 0.3 is 5.97 Å². The highest BCUT2D eigenvalue weighted by molar-refractivity contribution is 6.30. The Labute approximate surface area is 229 Å². The lowest BCUT2D eigenvalue weighted by Crippen LogP contribution is -2.38. The number of pyridine rings is 2. The third-order valence-electron chi connectivity index (χ3n) is 6.69. The van der Waals surface area contributed by atoms with Crippen LogP contribution in [0.1, 0.15) is 28.3 Å². The second kappa shape index (κ2) is 10.9. The summed E-state index contributed by atoms with van der Waals surface area (Å²) in [5.74, 6) is 1.08. The second-order valence-corrected chi connectivity index (χ2v) is 9.77. The van der Waals surface area contributed by atoms with Gasteiger partial charge in [-0.2, -0.15) is 10.1 Å². The number of halogens is 1. The minimum atomic E-state index is -0.962. The lowest BCUT2D eigenvalue weighted by Gasteiger charge is -2.30. The number of ether oxygens (including phenoxy) is 2. The van der Waals surface area contributed by atoms with Crippen LogP contribution in [0.5, 0.6) is 5.88 Å². The molecule has 12 heteroatoms. The monoisotopic (exact) mass is 547 g/mol. The molecule has 39 heavy (non-hydrogen) atoms. The molecule has 0 radical (unpaired) electrons. The number of anilines is 1. The van der Waals surface area contributed by atoms with Gasteiger partial charge in [0.2, 0.25) is 5.88 Å². The summed E-state index contributed by atoms with van der Waals surface area (Å²) >= 11 is 5.90. The van der Waals surface area contributed by atoms with Crippen molar-refractivity contribution in [2.75, 3.05) is 24.6 Å². The first-order valence-electron chi connectivity index (χ1n) is 12.6. The number of hydrazone groups is 1. The van der Waals surface area contributed by atoms with Crippen molar-refractivity contribution < 1.29 is 19.4 Å². The number of carboxylic acid groups (broad SMARTS) is 1. The number of aromatic nitrogens is 4. The fraction of sp³-hybridized carbons (Fsp3) is 0.296. The Morgan fingerprint density at radius 1 is 1.15 bits per heavy atom. The molecule has 5 heterocycles. The molecule has 0 amide bonds. The molecule has 11 nitrogen and oxygen atoms in total. The summed E-state index contributed by atoms with van der Waals surface area (Å²) in [4.78, 5) is 27.2. The second-order valence-electron chi connectivity index (χ2n) is 9.33. The number of hydrogen-bond donors (Lipinski definition) is 1. The van der Waals surface area contributed by atoms with Crippen molar-refractivity contribution in [3.05, 3.63) is 76.8 Å². The van der Waals surface area contributed by atoms with Crippen LogP contribution in [0.25, 0.3) is 11.0 Å². The number of fused-ring (bicyclic) bond motifs is 1. The Hall–Kier alpha value is -4.22. The van der Waals surface area contributed by atoms with E-state index in [1.165, 1.54) is 0 Å². The van der Waals surface area contributed by atoms with Crippen molar-refractivity contribution in [2.24, 2.45) is 5.10 Å². The molecule has 4 aromatic rings. The van der Waals surface area contributed by atoms with E-state index in [-0.39, 0.29) is 18.3 Å². The topological polar surface area (TPSA) is 118 Å². The van der Waals surface area contributed by atoms with Crippen molar-refractivity contribution in [1.29, 1.82) is 0 Å². The van der Waals surface area contributed by atoms with Crippen LogP contribution >= 0.6 is 11.6 Å². The molecule has 2 aliphatic rings. The van der Waals surface area contributed by atoms with Crippen LogP contribution in [0.3, 0.4) is 0 Å². The van der Waals surface area contributed by atoms with E-state index in [9.17, 15) is 9.90 Å². The largest absolute Gasteiger partial charge is 0.478 e. The maximum atomic E-state index is 11.5. The number of benzene rings is 1. The van der Waals surface area contributed by atoms with Gasteiger partial charge in [-0.05, 0) is 42.8 Å². The first-order valence-corrected chi connectivity index (χ1v) is 13.0. The minimum absolute atomic E-state index is 0.103. The van der Waals surface area contributed by atoms with Crippen LogP contribution in [0.2, 0.25) is 5.02 Å². The highest BCUT2D eigenvalue weighted by atomic mass is 35.5. The quantitative estimate of drug-likeness (QED) is 0.333. The van der Waals surface area contributed by atoms with Crippen LogP contribution in [-0.4, -0.2) is 67.7 Å². The van der Waals surface area contributed by atoms with E-state index in [1.807, 2.05) is 28.1 Å². The molecule has 200 valence electrons. The van der Waals surface area contributed by atoms with E-state index in [1.54, 1.807) is 42.9 Å². The smallest absolute Gasteiger partial charge is 0.335 e. The number of imidazole rings is 1. The maximum Gasteiger partial charge on any atom is 0.335 e. The molecule has 1 N–H and O–H groups in total. The fourth-order valence-corrected chi connectivity index (χ4v) is 4.59. The lowest BCUT2D eigenvalue weighted by molar-refractivity contribution is -0.0592. The molecule has 0 unspecified atom stereocenters. The molecule has 0 bridgehead atoms. The molecule has 1 saturated heterocycles. The number of aromatic carboxylic acids is 1. The summed E-state index contributed by atoms with van der Waals surface area (Å²) in [5.41, 5.74) is 2.54. The van der Waals surface area contributed by atoms with Crippen molar-refractivity contribution >= 4 is 40.8 Å². The predicted octanol–water partition coefficient (Wildman–Crippen LogP) is 3.81. The van der Waals surface area contributed by atoms with E-state index in [2.05, 4.69) is 19.6 Å². The SMILES string of the molecule is O=C(O)c1ccc2nc(CN3CCN(c4cccc(OCc5ccc(Cl)cn5)n4)C=N3)n(C[C@@H]3CCO3)c2c1. The van der Waals surface area contributed by atoms with Gasteiger partial charge in [-0.15, -0.1) is 0 Å². The van der Waals surface area contributed by atoms with Gasteiger partial charge < -0.3 is 24.0 Å². The molecule has 0 aliphatic carbocycles. The van der Waals surface area contributed by atoms with Crippen molar-refractivity contribution in [3.8, 4) is 5.88 Å². The number of hydrogen-bond acceptors (Lipinski definition) is 9. The van der Waals surface area contributed by atoms with Gasteiger partial charge in [0.1, 0.15) is 24.6 Å². The number of rotatable bonds is 9. The van der Waals surface area contributed by atoms with E-state index >= 15 is 0 Å². The third-order valence-corrected chi connectivity index (χ3v) is 6.91. The summed E-state index contributed by atoms with van der Waals surface area (Å²) in [6.45, 7) is 3.48. The van der Waals surface area contributed by atoms with Crippen LogP contribution in [0.15, 0.2) is 59.8 Å². The Bertz CT molecular complexity index is 1520. The Kier molecular flexibility index (Phi) is 6.99. The van der Waals surface area contributed by atoms with Gasteiger partial charge in [-0.25, -0.2) is 9.78 Å². The van der Waals surface area contributed by atoms with E-state index < -0.39 is 5.97 Å². The predicted molar refractivity (Wildman–Crippen MR) is 145 cm³/mol. The van der Waals surface area contributed by atoms with E-state index in [4.69, 9.17) is 26.1 Å². The third kappa shape index (κ3) is 5.64. The summed E-state index contributed by atoms with van der Waals surface area (Å²) in [5, 5.41) is 16.6. The number of carbonyl (C=O) groups is 1. The van der Waals surface area contributed by atoms with Crippen LogP contribution < -0.4 is 9.64 Å². The normalized spacial score (nSPS) is 16.9.